The molecule has 0 aromatic rings. The Kier molecular flexibility index (Phi) is 3.02. The van der Waals surface area contributed by atoms with E-state index in [4.69, 9.17) is 5.11 Å². The fraction of sp³-hybridized carbons (Fsp3) is 0.917. The molecule has 3 aliphatic carbocycles. The molecule has 0 amide bonds. The number of carboxylic acid groups (broad SMARTS) is 1. The molecule has 0 radical (unpaired) electrons. The Bertz CT molecular complexity index is 260. The standard InChI is InChI=1S/C12H20O2S/c1-12(2)9-4-3-8(10(12)5-9)6-15-7-11(13)14/h8-10H,3-7H2,1-2H3,(H,13,14)/t8-,9-,10+/m0/s1. The maximum Gasteiger partial charge on any atom is 0.313 e. The molecule has 0 spiro atoms. The highest BCUT2D eigenvalue weighted by atomic mass is 32.2. The van der Waals surface area contributed by atoms with Crippen LogP contribution in [0.25, 0.3) is 0 Å². The molecule has 1 N–H and O–H groups in total. The summed E-state index contributed by atoms with van der Waals surface area (Å²) in [5.41, 5.74) is 0.534. The van der Waals surface area contributed by atoms with Crippen LogP contribution in [-0.4, -0.2) is 22.6 Å². The predicted octanol–water partition coefficient (Wildman–Crippen LogP) is 2.88. The molecule has 2 bridgehead atoms. The van der Waals surface area contributed by atoms with Crippen molar-refractivity contribution in [2.75, 3.05) is 11.5 Å². The van der Waals surface area contributed by atoms with Crippen molar-refractivity contribution in [1.82, 2.24) is 0 Å². The Hall–Kier alpha value is -0.180. The van der Waals surface area contributed by atoms with Gasteiger partial charge < -0.3 is 5.11 Å². The molecule has 0 aromatic carbocycles. The second kappa shape index (κ2) is 4.00. The zero-order valence-electron chi connectivity index (χ0n) is 9.53. The van der Waals surface area contributed by atoms with E-state index in [1.165, 1.54) is 19.3 Å². The van der Waals surface area contributed by atoms with Crippen molar-refractivity contribution in [3.8, 4) is 0 Å². The number of thioether (sulfide) groups is 1. The summed E-state index contributed by atoms with van der Waals surface area (Å²) in [6, 6.07) is 0. The number of fused-ring (bicyclic) bond motifs is 2. The molecule has 3 atom stereocenters. The van der Waals surface area contributed by atoms with Crippen LogP contribution in [0.15, 0.2) is 0 Å². The summed E-state index contributed by atoms with van der Waals surface area (Å²) in [4.78, 5) is 10.4. The van der Waals surface area contributed by atoms with Gasteiger partial charge in [-0.15, -0.1) is 11.8 Å². The summed E-state index contributed by atoms with van der Waals surface area (Å²) in [6.45, 7) is 4.78. The lowest BCUT2D eigenvalue weighted by Crippen LogP contribution is -2.52. The van der Waals surface area contributed by atoms with Gasteiger partial charge in [0.2, 0.25) is 0 Å². The molecule has 3 aliphatic rings. The Balaban J connectivity index is 1.81. The van der Waals surface area contributed by atoms with Gasteiger partial charge in [-0.1, -0.05) is 13.8 Å². The molecule has 3 rings (SSSR count). The summed E-state index contributed by atoms with van der Waals surface area (Å²) in [5.74, 6) is 3.22. The van der Waals surface area contributed by atoms with E-state index in [1.807, 2.05) is 0 Å². The SMILES string of the molecule is CC1(C)[C@H]2CC[C@@H](CSCC(=O)O)[C@H]1C2. The topological polar surface area (TPSA) is 37.3 Å². The minimum absolute atomic E-state index is 0.271. The van der Waals surface area contributed by atoms with Gasteiger partial charge in [0.05, 0.1) is 5.75 Å². The van der Waals surface area contributed by atoms with Crippen LogP contribution in [0.5, 0.6) is 0 Å². The van der Waals surface area contributed by atoms with Crippen LogP contribution in [0, 0.1) is 23.2 Å². The number of rotatable bonds is 4. The van der Waals surface area contributed by atoms with Gasteiger partial charge in [0.1, 0.15) is 0 Å². The minimum atomic E-state index is -0.679. The first-order valence-electron chi connectivity index (χ1n) is 5.81. The average Bonchev–Trinajstić information content (AvgIpc) is 2.17. The van der Waals surface area contributed by atoms with E-state index < -0.39 is 5.97 Å². The highest BCUT2D eigenvalue weighted by Crippen LogP contribution is 2.61. The highest BCUT2D eigenvalue weighted by molar-refractivity contribution is 7.99. The first-order valence-corrected chi connectivity index (χ1v) is 6.97. The van der Waals surface area contributed by atoms with Crippen LogP contribution in [0.4, 0.5) is 0 Å². The smallest absolute Gasteiger partial charge is 0.313 e. The highest BCUT2D eigenvalue weighted by Gasteiger charge is 2.53. The molecular weight excluding hydrogens is 208 g/mol. The van der Waals surface area contributed by atoms with Gasteiger partial charge in [0.25, 0.3) is 0 Å². The van der Waals surface area contributed by atoms with Gasteiger partial charge >= 0.3 is 5.97 Å². The van der Waals surface area contributed by atoms with E-state index in [-0.39, 0.29) is 5.75 Å². The van der Waals surface area contributed by atoms with Gasteiger partial charge in [0, 0.05) is 0 Å². The van der Waals surface area contributed by atoms with E-state index in [1.54, 1.807) is 11.8 Å². The molecule has 3 saturated carbocycles. The third-order valence-electron chi connectivity index (χ3n) is 4.56. The van der Waals surface area contributed by atoms with Crippen LogP contribution in [0.2, 0.25) is 0 Å². The number of hydrogen-bond acceptors (Lipinski definition) is 2. The lowest BCUT2D eigenvalue weighted by Gasteiger charge is -2.60. The van der Waals surface area contributed by atoms with Gasteiger partial charge in [-0.2, -0.15) is 0 Å². The van der Waals surface area contributed by atoms with Crippen LogP contribution < -0.4 is 0 Å². The Morgan fingerprint density at radius 1 is 1.47 bits per heavy atom. The fourth-order valence-corrected chi connectivity index (χ4v) is 4.45. The number of aliphatic carboxylic acids is 1. The summed E-state index contributed by atoms with van der Waals surface area (Å²) in [7, 11) is 0. The van der Waals surface area contributed by atoms with Gasteiger partial charge in [-0.3, -0.25) is 4.79 Å². The third kappa shape index (κ3) is 2.03. The van der Waals surface area contributed by atoms with Crippen molar-refractivity contribution >= 4 is 17.7 Å². The minimum Gasteiger partial charge on any atom is -0.481 e. The molecule has 0 saturated heterocycles. The second-order valence-electron chi connectivity index (χ2n) is 5.61. The molecule has 0 aliphatic heterocycles. The van der Waals surface area contributed by atoms with Crippen LogP contribution in [0.1, 0.15) is 33.1 Å². The summed E-state index contributed by atoms with van der Waals surface area (Å²) in [5, 5.41) is 8.60. The van der Waals surface area contributed by atoms with Crippen LogP contribution in [0.3, 0.4) is 0 Å². The Morgan fingerprint density at radius 2 is 2.20 bits per heavy atom. The third-order valence-corrected chi connectivity index (χ3v) is 5.67. The molecule has 2 nitrogen and oxygen atoms in total. The van der Waals surface area contributed by atoms with Crippen molar-refractivity contribution in [3.05, 3.63) is 0 Å². The summed E-state index contributed by atoms with van der Waals surface area (Å²) in [6.07, 6.45) is 4.08. The van der Waals surface area contributed by atoms with E-state index in [2.05, 4.69) is 13.8 Å². The monoisotopic (exact) mass is 228 g/mol. The molecule has 3 fully saturated rings. The van der Waals surface area contributed by atoms with E-state index >= 15 is 0 Å². The first-order chi connectivity index (χ1) is 7.01. The zero-order valence-corrected chi connectivity index (χ0v) is 10.3. The Labute approximate surface area is 95.8 Å². The first kappa shape index (κ1) is 11.3. The lowest BCUT2D eigenvalue weighted by atomic mass is 9.46. The average molecular weight is 228 g/mol. The van der Waals surface area contributed by atoms with Crippen molar-refractivity contribution in [1.29, 1.82) is 0 Å². The van der Waals surface area contributed by atoms with Crippen molar-refractivity contribution in [2.45, 2.75) is 33.1 Å². The number of hydrogen-bond donors (Lipinski definition) is 1. The molecule has 0 unspecified atom stereocenters. The van der Waals surface area contributed by atoms with E-state index in [0.717, 1.165) is 23.5 Å². The van der Waals surface area contributed by atoms with Crippen molar-refractivity contribution < 1.29 is 9.90 Å². The maximum atomic E-state index is 10.4. The van der Waals surface area contributed by atoms with E-state index in [9.17, 15) is 4.79 Å². The number of carbonyl (C=O) groups is 1. The molecule has 15 heavy (non-hydrogen) atoms. The van der Waals surface area contributed by atoms with Gasteiger partial charge in [-0.05, 0) is 48.2 Å². The maximum absolute atomic E-state index is 10.4. The Morgan fingerprint density at radius 3 is 2.73 bits per heavy atom. The predicted molar refractivity (Wildman–Crippen MR) is 63.1 cm³/mol. The summed E-state index contributed by atoms with van der Waals surface area (Å²) >= 11 is 1.60. The van der Waals surface area contributed by atoms with Crippen molar-refractivity contribution in [3.63, 3.8) is 0 Å². The zero-order chi connectivity index (χ0) is 11.1. The molecular formula is C12H20O2S. The molecule has 0 heterocycles. The fourth-order valence-electron chi connectivity index (χ4n) is 3.46. The van der Waals surface area contributed by atoms with Gasteiger partial charge in [0.15, 0.2) is 0 Å². The van der Waals surface area contributed by atoms with E-state index in [0.29, 0.717) is 5.41 Å². The summed E-state index contributed by atoms with van der Waals surface area (Å²) < 4.78 is 0. The quantitative estimate of drug-likeness (QED) is 0.804. The lowest BCUT2D eigenvalue weighted by molar-refractivity contribution is -0.133. The largest absolute Gasteiger partial charge is 0.481 e. The number of carboxylic acids is 1. The van der Waals surface area contributed by atoms with Crippen molar-refractivity contribution in [2.24, 2.45) is 23.2 Å². The van der Waals surface area contributed by atoms with Gasteiger partial charge in [-0.25, -0.2) is 0 Å². The normalized spacial score (nSPS) is 37.1. The second-order valence-corrected chi connectivity index (χ2v) is 6.64. The molecule has 3 heteroatoms. The molecule has 0 aromatic heterocycles. The van der Waals surface area contributed by atoms with Crippen LogP contribution in [-0.2, 0) is 4.79 Å². The van der Waals surface area contributed by atoms with Crippen LogP contribution >= 0.6 is 11.8 Å². The molecule has 86 valence electrons.